The lowest BCUT2D eigenvalue weighted by molar-refractivity contribution is 0.177. The van der Waals surface area contributed by atoms with Gasteiger partial charge in [-0.2, -0.15) is 9.71 Å². The first-order chi connectivity index (χ1) is 12.2. The van der Waals surface area contributed by atoms with Crippen LogP contribution in [0.1, 0.15) is 44.8 Å². The van der Waals surface area contributed by atoms with Crippen LogP contribution in [-0.4, -0.2) is 25.2 Å². The SMILES string of the molecule is Cc1noc(C(C)(C)NS(=O)(=O)c2cc(Cl)ccc2OCC2CCC2)n1. The monoisotopic (exact) mass is 399 g/mol. The van der Waals surface area contributed by atoms with Crippen molar-refractivity contribution < 1.29 is 17.7 Å². The van der Waals surface area contributed by atoms with Crippen LogP contribution < -0.4 is 9.46 Å². The Balaban J connectivity index is 1.86. The van der Waals surface area contributed by atoms with Crippen LogP contribution in [0.15, 0.2) is 27.6 Å². The summed E-state index contributed by atoms with van der Waals surface area (Å²) in [7, 11) is -3.93. The zero-order valence-electron chi connectivity index (χ0n) is 15.0. The van der Waals surface area contributed by atoms with E-state index in [9.17, 15) is 8.42 Å². The molecule has 0 amide bonds. The number of aromatic nitrogens is 2. The Labute approximate surface area is 158 Å². The summed E-state index contributed by atoms with van der Waals surface area (Å²) in [6.07, 6.45) is 3.41. The summed E-state index contributed by atoms with van der Waals surface area (Å²) in [5.74, 6) is 1.37. The molecule has 1 aliphatic rings. The Bertz CT molecular complexity index is 891. The van der Waals surface area contributed by atoms with E-state index >= 15 is 0 Å². The largest absolute Gasteiger partial charge is 0.492 e. The van der Waals surface area contributed by atoms with Crippen LogP contribution in [0, 0.1) is 12.8 Å². The van der Waals surface area contributed by atoms with Crippen LogP contribution in [0.3, 0.4) is 0 Å². The van der Waals surface area contributed by atoms with Gasteiger partial charge in [0.1, 0.15) is 16.2 Å². The number of nitrogens with one attached hydrogen (secondary N) is 1. The molecule has 0 atom stereocenters. The highest BCUT2D eigenvalue weighted by atomic mass is 35.5. The fourth-order valence-electron chi connectivity index (χ4n) is 2.66. The summed E-state index contributed by atoms with van der Waals surface area (Å²) < 4.78 is 39.5. The molecule has 1 aliphatic carbocycles. The molecule has 142 valence electrons. The fourth-order valence-corrected chi connectivity index (χ4v) is 4.44. The van der Waals surface area contributed by atoms with Crippen molar-refractivity contribution in [1.29, 1.82) is 0 Å². The summed E-state index contributed by atoms with van der Waals surface area (Å²) >= 11 is 6.03. The highest BCUT2D eigenvalue weighted by molar-refractivity contribution is 7.89. The first kappa shape index (κ1) is 19.1. The van der Waals surface area contributed by atoms with Gasteiger partial charge in [-0.05, 0) is 57.7 Å². The van der Waals surface area contributed by atoms with Crippen molar-refractivity contribution in [3.8, 4) is 5.75 Å². The van der Waals surface area contributed by atoms with Gasteiger partial charge in [0, 0.05) is 5.02 Å². The fraction of sp³-hybridized carbons (Fsp3) is 0.529. The predicted octanol–water partition coefficient (Wildman–Crippen LogP) is 3.42. The second-order valence-electron chi connectivity index (χ2n) is 7.08. The van der Waals surface area contributed by atoms with Gasteiger partial charge < -0.3 is 9.26 Å². The van der Waals surface area contributed by atoms with E-state index in [4.69, 9.17) is 20.9 Å². The number of aryl methyl sites for hydroxylation is 1. The molecule has 0 radical (unpaired) electrons. The van der Waals surface area contributed by atoms with E-state index in [1.165, 1.54) is 12.5 Å². The third kappa shape index (κ3) is 4.19. The summed E-state index contributed by atoms with van der Waals surface area (Å²) in [5.41, 5.74) is -1.09. The van der Waals surface area contributed by atoms with Crippen LogP contribution >= 0.6 is 11.6 Å². The summed E-state index contributed by atoms with van der Waals surface area (Å²) in [4.78, 5) is 4.11. The molecule has 1 aromatic carbocycles. The average molecular weight is 400 g/mol. The van der Waals surface area contributed by atoms with E-state index in [0.29, 0.717) is 23.4 Å². The van der Waals surface area contributed by atoms with Crippen LogP contribution in [-0.2, 0) is 15.6 Å². The lowest BCUT2D eigenvalue weighted by Crippen LogP contribution is -2.41. The lowest BCUT2D eigenvalue weighted by Gasteiger charge is -2.26. The molecule has 0 unspecified atom stereocenters. The molecule has 0 saturated heterocycles. The van der Waals surface area contributed by atoms with Gasteiger partial charge >= 0.3 is 0 Å². The topological polar surface area (TPSA) is 94.3 Å². The van der Waals surface area contributed by atoms with E-state index in [-0.39, 0.29) is 16.5 Å². The van der Waals surface area contributed by atoms with E-state index in [1.54, 1.807) is 32.9 Å². The molecule has 1 aromatic heterocycles. The Morgan fingerprint density at radius 2 is 2.12 bits per heavy atom. The lowest BCUT2D eigenvalue weighted by atomic mass is 9.86. The number of hydrogen-bond acceptors (Lipinski definition) is 6. The molecular weight excluding hydrogens is 378 g/mol. The highest BCUT2D eigenvalue weighted by Gasteiger charge is 2.34. The summed E-state index contributed by atoms with van der Waals surface area (Å²) in [6, 6.07) is 4.58. The van der Waals surface area contributed by atoms with Gasteiger partial charge in [0.25, 0.3) is 0 Å². The van der Waals surface area contributed by atoms with Gasteiger partial charge in [-0.25, -0.2) is 8.42 Å². The average Bonchev–Trinajstić information content (AvgIpc) is 2.93. The van der Waals surface area contributed by atoms with Gasteiger partial charge in [-0.1, -0.05) is 23.2 Å². The number of nitrogens with zero attached hydrogens (tertiary/aromatic N) is 2. The number of benzene rings is 1. The maximum Gasteiger partial charge on any atom is 0.247 e. The number of sulfonamides is 1. The standard InChI is InChI=1S/C17H22ClN3O4S/c1-11-19-16(25-20-11)17(2,3)21-26(22,23)15-9-13(18)7-8-14(15)24-10-12-5-4-6-12/h7-9,12,21H,4-6,10H2,1-3H3. The molecule has 1 N–H and O–H groups in total. The van der Waals surface area contributed by atoms with Crippen molar-refractivity contribution in [2.45, 2.75) is 50.5 Å². The highest BCUT2D eigenvalue weighted by Crippen LogP contribution is 2.32. The smallest absolute Gasteiger partial charge is 0.247 e. The van der Waals surface area contributed by atoms with Crippen LogP contribution in [0.5, 0.6) is 5.75 Å². The molecule has 0 aliphatic heterocycles. The van der Waals surface area contributed by atoms with E-state index < -0.39 is 15.6 Å². The minimum absolute atomic E-state index is 0.00589. The first-order valence-corrected chi connectivity index (χ1v) is 10.3. The molecule has 0 bridgehead atoms. The second kappa shape index (κ2) is 7.17. The number of rotatable bonds is 7. The summed E-state index contributed by atoms with van der Waals surface area (Å²) in [5, 5.41) is 4.03. The van der Waals surface area contributed by atoms with Crippen molar-refractivity contribution in [3.05, 3.63) is 34.9 Å². The molecule has 9 heteroatoms. The molecule has 7 nitrogen and oxygen atoms in total. The van der Waals surface area contributed by atoms with E-state index in [1.807, 2.05) is 0 Å². The third-order valence-electron chi connectivity index (χ3n) is 4.35. The van der Waals surface area contributed by atoms with Gasteiger partial charge in [-0.15, -0.1) is 0 Å². The third-order valence-corrected chi connectivity index (χ3v) is 6.26. The van der Waals surface area contributed by atoms with Crippen molar-refractivity contribution >= 4 is 21.6 Å². The van der Waals surface area contributed by atoms with Crippen molar-refractivity contribution in [2.75, 3.05) is 6.61 Å². The second-order valence-corrected chi connectivity index (χ2v) is 9.16. The molecule has 1 fully saturated rings. The van der Waals surface area contributed by atoms with Gasteiger partial charge in [-0.3, -0.25) is 0 Å². The first-order valence-electron chi connectivity index (χ1n) is 8.44. The molecule has 1 heterocycles. The zero-order valence-corrected chi connectivity index (χ0v) is 16.5. The Kier molecular flexibility index (Phi) is 5.28. The molecule has 3 rings (SSSR count). The van der Waals surface area contributed by atoms with Crippen molar-refractivity contribution in [2.24, 2.45) is 5.92 Å². The van der Waals surface area contributed by atoms with Gasteiger partial charge in [0.2, 0.25) is 15.9 Å². The van der Waals surface area contributed by atoms with E-state index in [2.05, 4.69) is 14.9 Å². The molecular formula is C17H22ClN3O4S. The Morgan fingerprint density at radius 1 is 1.38 bits per heavy atom. The minimum Gasteiger partial charge on any atom is -0.492 e. The zero-order chi connectivity index (χ0) is 18.9. The molecule has 1 saturated carbocycles. The molecule has 0 spiro atoms. The number of ether oxygens (including phenoxy) is 1. The van der Waals surface area contributed by atoms with Gasteiger partial charge in [0.15, 0.2) is 5.82 Å². The van der Waals surface area contributed by atoms with E-state index in [0.717, 1.165) is 12.8 Å². The van der Waals surface area contributed by atoms with Crippen LogP contribution in [0.2, 0.25) is 5.02 Å². The van der Waals surface area contributed by atoms with Crippen molar-refractivity contribution in [3.63, 3.8) is 0 Å². The normalized spacial score (nSPS) is 15.7. The predicted molar refractivity (Wildman–Crippen MR) is 96.7 cm³/mol. The molecule has 2 aromatic rings. The Morgan fingerprint density at radius 3 is 2.69 bits per heavy atom. The Hall–Kier alpha value is -1.64. The number of hydrogen-bond donors (Lipinski definition) is 1. The summed E-state index contributed by atoms with van der Waals surface area (Å²) in [6.45, 7) is 5.46. The minimum atomic E-state index is -3.93. The van der Waals surface area contributed by atoms with Crippen LogP contribution in [0.4, 0.5) is 0 Å². The van der Waals surface area contributed by atoms with Crippen LogP contribution in [0.25, 0.3) is 0 Å². The number of halogens is 1. The van der Waals surface area contributed by atoms with Gasteiger partial charge in [0.05, 0.1) is 6.61 Å². The maximum absolute atomic E-state index is 13.0. The van der Waals surface area contributed by atoms with Crippen molar-refractivity contribution in [1.82, 2.24) is 14.9 Å². The maximum atomic E-state index is 13.0. The molecule has 26 heavy (non-hydrogen) atoms. The quantitative estimate of drug-likeness (QED) is 0.766.